The molecule has 2 N–H and O–H groups in total. The first kappa shape index (κ1) is 20.2. The summed E-state index contributed by atoms with van der Waals surface area (Å²) in [6.07, 6.45) is 0.504. The zero-order valence-electron chi connectivity index (χ0n) is 16.0. The van der Waals surface area contributed by atoms with Gasteiger partial charge in [0.25, 0.3) is 5.91 Å². The number of carbonyl (C=O) groups excluding carboxylic acids is 2. The van der Waals surface area contributed by atoms with Crippen molar-refractivity contribution in [2.75, 3.05) is 6.54 Å². The molecule has 0 saturated carbocycles. The van der Waals surface area contributed by atoms with Gasteiger partial charge in [0, 0.05) is 5.56 Å². The van der Waals surface area contributed by atoms with Crippen molar-refractivity contribution in [3.05, 3.63) is 59.7 Å². The van der Waals surface area contributed by atoms with Crippen molar-refractivity contribution in [2.45, 2.75) is 33.2 Å². The molecule has 2 rings (SSSR count). The van der Waals surface area contributed by atoms with E-state index in [4.69, 9.17) is 5.26 Å². The molecule has 140 valence electrons. The maximum Gasteiger partial charge on any atom is 0.251 e. The van der Waals surface area contributed by atoms with Crippen LogP contribution >= 0.6 is 0 Å². The molecule has 5 heteroatoms. The Kier molecular flexibility index (Phi) is 7.13. The molecule has 0 aromatic heterocycles. The number of hydrogen-bond donors (Lipinski definition) is 2. The monoisotopic (exact) mass is 363 g/mol. The third-order valence-electron chi connectivity index (χ3n) is 4.24. The van der Waals surface area contributed by atoms with Crippen LogP contribution in [0.25, 0.3) is 11.1 Å². The summed E-state index contributed by atoms with van der Waals surface area (Å²) >= 11 is 0. The van der Waals surface area contributed by atoms with Crippen LogP contribution in [0.2, 0.25) is 0 Å². The Morgan fingerprint density at radius 2 is 1.81 bits per heavy atom. The molecule has 0 aliphatic heterocycles. The van der Waals surface area contributed by atoms with E-state index in [1.807, 2.05) is 69.3 Å². The van der Waals surface area contributed by atoms with E-state index in [9.17, 15) is 9.59 Å². The molecule has 1 atom stereocenters. The number of benzene rings is 2. The average Bonchev–Trinajstić information content (AvgIpc) is 2.65. The summed E-state index contributed by atoms with van der Waals surface area (Å²) in [5.41, 5.74) is 3.66. The Hall–Kier alpha value is -3.13. The predicted octanol–water partition coefficient (Wildman–Crippen LogP) is 3.45. The first-order chi connectivity index (χ1) is 12.9. The molecule has 2 amide bonds. The number of hydrogen-bond acceptors (Lipinski definition) is 3. The highest BCUT2D eigenvalue weighted by molar-refractivity contribution is 5.98. The normalized spacial score (nSPS) is 11.5. The van der Waals surface area contributed by atoms with E-state index in [2.05, 4.69) is 10.6 Å². The molecule has 0 heterocycles. The lowest BCUT2D eigenvalue weighted by atomic mass is 9.97. The lowest BCUT2D eigenvalue weighted by molar-refractivity contribution is -0.123. The van der Waals surface area contributed by atoms with Crippen LogP contribution in [0.4, 0.5) is 0 Å². The molecule has 2 aromatic rings. The Morgan fingerprint density at radius 1 is 1.11 bits per heavy atom. The van der Waals surface area contributed by atoms with Crippen molar-refractivity contribution < 1.29 is 9.59 Å². The van der Waals surface area contributed by atoms with E-state index in [-0.39, 0.29) is 24.3 Å². The molecule has 27 heavy (non-hydrogen) atoms. The van der Waals surface area contributed by atoms with E-state index in [1.54, 1.807) is 6.07 Å². The summed E-state index contributed by atoms with van der Waals surface area (Å²) in [5, 5.41) is 14.0. The minimum atomic E-state index is -0.667. The van der Waals surface area contributed by atoms with Crippen LogP contribution < -0.4 is 10.6 Å². The summed E-state index contributed by atoms with van der Waals surface area (Å²) < 4.78 is 0. The molecular weight excluding hydrogens is 338 g/mol. The maximum absolute atomic E-state index is 12.7. The zero-order valence-corrected chi connectivity index (χ0v) is 16.0. The second kappa shape index (κ2) is 9.54. The van der Waals surface area contributed by atoms with Gasteiger partial charge in [0.2, 0.25) is 5.91 Å². The fraction of sp³-hybridized carbons (Fsp3) is 0.318. The number of aryl methyl sites for hydroxylation is 1. The Morgan fingerprint density at radius 3 is 2.41 bits per heavy atom. The average molecular weight is 363 g/mol. The molecule has 0 aliphatic carbocycles. The van der Waals surface area contributed by atoms with E-state index in [0.29, 0.717) is 12.0 Å². The Balaban J connectivity index is 2.16. The molecule has 5 nitrogen and oxygen atoms in total. The van der Waals surface area contributed by atoms with Crippen molar-refractivity contribution in [1.29, 1.82) is 5.26 Å². The number of nitriles is 1. The summed E-state index contributed by atoms with van der Waals surface area (Å²) in [4.78, 5) is 24.9. The van der Waals surface area contributed by atoms with Crippen molar-refractivity contribution in [2.24, 2.45) is 5.92 Å². The Bertz CT molecular complexity index is 838. The van der Waals surface area contributed by atoms with E-state index in [0.717, 1.165) is 16.7 Å². The molecule has 2 aromatic carbocycles. The van der Waals surface area contributed by atoms with Crippen molar-refractivity contribution >= 4 is 11.8 Å². The third-order valence-corrected chi connectivity index (χ3v) is 4.24. The Labute approximate surface area is 160 Å². The lowest BCUT2D eigenvalue weighted by Gasteiger charge is -2.20. The predicted molar refractivity (Wildman–Crippen MR) is 106 cm³/mol. The van der Waals surface area contributed by atoms with Gasteiger partial charge in [-0.05, 0) is 48.1 Å². The van der Waals surface area contributed by atoms with Crippen LogP contribution in [0.5, 0.6) is 0 Å². The van der Waals surface area contributed by atoms with Gasteiger partial charge in [-0.1, -0.05) is 50.2 Å². The topological polar surface area (TPSA) is 82.0 Å². The van der Waals surface area contributed by atoms with Gasteiger partial charge in [-0.3, -0.25) is 9.59 Å². The highest BCUT2D eigenvalue weighted by Crippen LogP contribution is 2.24. The quantitative estimate of drug-likeness (QED) is 0.739. The van der Waals surface area contributed by atoms with Crippen LogP contribution in [0, 0.1) is 24.2 Å². The largest absolute Gasteiger partial charge is 0.341 e. The van der Waals surface area contributed by atoms with Crippen LogP contribution in [-0.2, 0) is 4.79 Å². The van der Waals surface area contributed by atoms with Gasteiger partial charge in [-0.15, -0.1) is 0 Å². The van der Waals surface area contributed by atoms with Crippen LogP contribution in [0.15, 0.2) is 48.5 Å². The molecule has 0 fully saturated rings. The van der Waals surface area contributed by atoms with Crippen molar-refractivity contribution in [1.82, 2.24) is 10.6 Å². The van der Waals surface area contributed by atoms with Gasteiger partial charge in [0.15, 0.2) is 0 Å². The van der Waals surface area contributed by atoms with E-state index >= 15 is 0 Å². The first-order valence-electron chi connectivity index (χ1n) is 9.04. The van der Waals surface area contributed by atoms with Gasteiger partial charge >= 0.3 is 0 Å². The molecule has 0 aliphatic rings. The van der Waals surface area contributed by atoms with Crippen molar-refractivity contribution in [3.63, 3.8) is 0 Å². The standard InChI is InChI=1S/C22H25N3O2/c1-15(2)13-20(22(27)24-12-11-23)25-21(26)18-9-10-19(16(3)14-18)17-7-5-4-6-8-17/h4-10,14-15,20H,12-13H2,1-3H3,(H,24,27)(H,25,26)/t20-/m0/s1. The number of nitrogens with zero attached hydrogens (tertiary/aromatic N) is 1. The molecule has 0 saturated heterocycles. The summed E-state index contributed by atoms with van der Waals surface area (Å²) in [7, 11) is 0. The maximum atomic E-state index is 12.7. The van der Waals surface area contributed by atoms with Gasteiger partial charge < -0.3 is 10.6 Å². The molecule has 0 bridgehead atoms. The fourth-order valence-corrected chi connectivity index (χ4v) is 2.94. The number of rotatable bonds is 7. The smallest absolute Gasteiger partial charge is 0.251 e. The van der Waals surface area contributed by atoms with Crippen LogP contribution in [0.3, 0.4) is 0 Å². The first-order valence-corrected chi connectivity index (χ1v) is 9.04. The number of amides is 2. The number of nitrogens with one attached hydrogen (secondary N) is 2. The fourth-order valence-electron chi connectivity index (χ4n) is 2.94. The summed E-state index contributed by atoms with van der Waals surface area (Å²) in [5.74, 6) is -0.406. The highest BCUT2D eigenvalue weighted by Gasteiger charge is 2.22. The van der Waals surface area contributed by atoms with E-state index < -0.39 is 6.04 Å². The highest BCUT2D eigenvalue weighted by atomic mass is 16.2. The van der Waals surface area contributed by atoms with Crippen LogP contribution in [0.1, 0.15) is 36.2 Å². The van der Waals surface area contributed by atoms with Gasteiger partial charge in [-0.2, -0.15) is 5.26 Å². The summed E-state index contributed by atoms with van der Waals surface area (Å²) in [6.45, 7) is 5.85. The second-order valence-electron chi connectivity index (χ2n) is 6.93. The van der Waals surface area contributed by atoms with E-state index in [1.165, 1.54) is 0 Å². The molecular formula is C22H25N3O2. The summed E-state index contributed by atoms with van der Waals surface area (Å²) in [6, 6.07) is 16.7. The molecule has 0 spiro atoms. The van der Waals surface area contributed by atoms with Crippen molar-refractivity contribution in [3.8, 4) is 17.2 Å². The lowest BCUT2D eigenvalue weighted by Crippen LogP contribution is -2.47. The number of carbonyl (C=O) groups is 2. The molecule has 0 radical (unpaired) electrons. The second-order valence-corrected chi connectivity index (χ2v) is 6.93. The van der Waals surface area contributed by atoms with Gasteiger partial charge in [-0.25, -0.2) is 0 Å². The zero-order chi connectivity index (χ0) is 19.8. The van der Waals surface area contributed by atoms with Crippen LogP contribution in [-0.4, -0.2) is 24.4 Å². The molecule has 0 unspecified atom stereocenters. The third kappa shape index (κ3) is 5.68. The SMILES string of the molecule is Cc1cc(C(=O)N[C@@H](CC(C)C)C(=O)NCC#N)ccc1-c1ccccc1. The minimum absolute atomic E-state index is 0.0752. The van der Waals surface area contributed by atoms with Gasteiger partial charge in [0.1, 0.15) is 12.6 Å². The minimum Gasteiger partial charge on any atom is -0.341 e. The van der Waals surface area contributed by atoms with Gasteiger partial charge in [0.05, 0.1) is 6.07 Å².